The van der Waals surface area contributed by atoms with Crippen LogP contribution in [0.1, 0.15) is 52.4 Å². The number of piperazine rings is 1. The highest BCUT2D eigenvalue weighted by atomic mass is 16.5. The molecule has 1 N–H and O–H groups in total. The van der Waals surface area contributed by atoms with E-state index in [1.165, 1.54) is 39.2 Å². The van der Waals surface area contributed by atoms with E-state index in [2.05, 4.69) is 24.1 Å². The Morgan fingerprint density at radius 3 is 2.63 bits per heavy atom. The van der Waals surface area contributed by atoms with Gasteiger partial charge in [0, 0.05) is 30.7 Å². The van der Waals surface area contributed by atoms with E-state index in [1.54, 1.807) is 0 Å². The summed E-state index contributed by atoms with van der Waals surface area (Å²) in [4.78, 5) is 14.3. The summed E-state index contributed by atoms with van der Waals surface area (Å²) in [5, 5.41) is 3.47. The van der Waals surface area contributed by atoms with Crippen LogP contribution in [0.3, 0.4) is 0 Å². The summed E-state index contributed by atoms with van der Waals surface area (Å²) in [6.45, 7) is 6.48. The van der Waals surface area contributed by atoms with Crippen molar-refractivity contribution in [3.63, 3.8) is 0 Å². The zero-order valence-electron chi connectivity index (χ0n) is 12.6. The number of methoxy groups -OCH3 is 1. The molecule has 1 unspecified atom stereocenters. The molecule has 0 aromatic heterocycles. The van der Waals surface area contributed by atoms with Gasteiger partial charge in [0.1, 0.15) is 0 Å². The Labute approximate surface area is 116 Å². The summed E-state index contributed by atoms with van der Waals surface area (Å²) in [6.07, 6.45) is 7.08. The van der Waals surface area contributed by atoms with Crippen LogP contribution >= 0.6 is 0 Å². The molecule has 0 amide bonds. The lowest BCUT2D eigenvalue weighted by molar-refractivity contribution is -0.143. The molecule has 4 nitrogen and oxygen atoms in total. The summed E-state index contributed by atoms with van der Waals surface area (Å²) in [6, 6.07) is 0.916. The van der Waals surface area contributed by atoms with E-state index in [4.69, 9.17) is 4.74 Å². The molecule has 1 aliphatic carbocycles. The van der Waals surface area contributed by atoms with E-state index < -0.39 is 0 Å². The molecule has 1 saturated heterocycles. The average molecular weight is 268 g/mol. The Bertz CT molecular complexity index is 311. The largest absolute Gasteiger partial charge is 0.469 e. The molecule has 0 spiro atoms. The quantitative estimate of drug-likeness (QED) is 0.794. The van der Waals surface area contributed by atoms with Crippen molar-refractivity contribution < 1.29 is 9.53 Å². The number of esters is 1. The van der Waals surface area contributed by atoms with Crippen LogP contribution < -0.4 is 5.32 Å². The van der Waals surface area contributed by atoms with Gasteiger partial charge in [-0.1, -0.05) is 19.3 Å². The third-order valence-corrected chi connectivity index (χ3v) is 4.63. The van der Waals surface area contributed by atoms with E-state index in [1.807, 2.05) is 0 Å². The van der Waals surface area contributed by atoms with Gasteiger partial charge in [-0.25, -0.2) is 0 Å². The van der Waals surface area contributed by atoms with E-state index in [0.29, 0.717) is 12.5 Å². The normalized spacial score (nSPS) is 29.1. The van der Waals surface area contributed by atoms with Gasteiger partial charge in [-0.15, -0.1) is 0 Å². The second-order valence-electron chi connectivity index (χ2n) is 6.58. The first-order chi connectivity index (χ1) is 9.04. The van der Waals surface area contributed by atoms with Crippen LogP contribution in [0.15, 0.2) is 0 Å². The highest BCUT2D eigenvalue weighted by Crippen LogP contribution is 2.32. The van der Waals surface area contributed by atoms with Crippen molar-refractivity contribution in [3.05, 3.63) is 0 Å². The van der Waals surface area contributed by atoms with Crippen LogP contribution in [0.25, 0.3) is 0 Å². The van der Waals surface area contributed by atoms with Crippen LogP contribution in [0.4, 0.5) is 0 Å². The topological polar surface area (TPSA) is 41.6 Å². The van der Waals surface area contributed by atoms with Gasteiger partial charge in [0.15, 0.2) is 0 Å². The van der Waals surface area contributed by atoms with Gasteiger partial charge in [-0.3, -0.25) is 9.69 Å². The zero-order chi connectivity index (χ0) is 13.9. The smallest absolute Gasteiger partial charge is 0.307 e. The molecule has 1 atom stereocenters. The number of carbonyl (C=O) groups is 1. The van der Waals surface area contributed by atoms with Crippen LogP contribution in [-0.2, 0) is 9.53 Å². The molecule has 19 heavy (non-hydrogen) atoms. The van der Waals surface area contributed by atoms with E-state index in [9.17, 15) is 4.79 Å². The lowest BCUT2D eigenvalue weighted by Crippen LogP contribution is -2.66. The Hall–Kier alpha value is -0.610. The molecule has 0 radical (unpaired) electrons. The van der Waals surface area contributed by atoms with Crippen LogP contribution in [0.5, 0.6) is 0 Å². The minimum atomic E-state index is -0.0923. The molecule has 0 bridgehead atoms. The Morgan fingerprint density at radius 2 is 2.00 bits per heavy atom. The lowest BCUT2D eigenvalue weighted by atomic mass is 9.86. The second-order valence-corrected chi connectivity index (χ2v) is 6.58. The highest BCUT2D eigenvalue weighted by Gasteiger charge is 2.41. The summed E-state index contributed by atoms with van der Waals surface area (Å²) in [5.74, 6) is -0.0923. The number of carbonyl (C=O) groups excluding carboxylic acids is 1. The van der Waals surface area contributed by atoms with E-state index in [0.717, 1.165) is 13.1 Å². The first kappa shape index (κ1) is 14.8. The molecule has 1 aliphatic heterocycles. The minimum absolute atomic E-state index is 0.0923. The van der Waals surface area contributed by atoms with Crippen molar-refractivity contribution in [2.24, 2.45) is 0 Å². The molecule has 1 heterocycles. The van der Waals surface area contributed by atoms with Gasteiger partial charge in [-0.05, 0) is 26.7 Å². The van der Waals surface area contributed by atoms with Crippen molar-refractivity contribution in [3.8, 4) is 0 Å². The fourth-order valence-electron chi connectivity index (χ4n) is 3.83. The maximum absolute atomic E-state index is 11.6. The fraction of sp³-hybridized carbons (Fsp3) is 0.933. The van der Waals surface area contributed by atoms with Crippen molar-refractivity contribution in [1.82, 2.24) is 10.2 Å². The van der Waals surface area contributed by atoms with Crippen LogP contribution in [0.2, 0.25) is 0 Å². The number of rotatable bonds is 3. The third-order valence-electron chi connectivity index (χ3n) is 4.63. The first-order valence-electron chi connectivity index (χ1n) is 7.60. The molecular weight excluding hydrogens is 240 g/mol. The van der Waals surface area contributed by atoms with Crippen LogP contribution in [0, 0.1) is 0 Å². The predicted molar refractivity (Wildman–Crippen MR) is 76.1 cm³/mol. The van der Waals surface area contributed by atoms with Gasteiger partial charge in [0.05, 0.1) is 13.5 Å². The number of ether oxygens (including phenoxy) is 1. The molecule has 1 saturated carbocycles. The van der Waals surface area contributed by atoms with Gasteiger partial charge in [0.25, 0.3) is 0 Å². The number of nitrogens with zero attached hydrogens (tertiary/aromatic N) is 1. The average Bonchev–Trinajstić information content (AvgIpc) is 2.38. The van der Waals surface area contributed by atoms with Gasteiger partial charge in [-0.2, -0.15) is 0 Å². The molecule has 2 fully saturated rings. The SMILES string of the molecule is COC(=O)CC1CNCC(C)(C)N1C1CCCCC1. The molecule has 4 heteroatoms. The second kappa shape index (κ2) is 6.23. The summed E-state index contributed by atoms with van der Waals surface area (Å²) in [5.41, 5.74) is 0.124. The minimum Gasteiger partial charge on any atom is -0.469 e. The third kappa shape index (κ3) is 3.48. The fourth-order valence-corrected chi connectivity index (χ4v) is 3.83. The summed E-state index contributed by atoms with van der Waals surface area (Å²) >= 11 is 0. The van der Waals surface area contributed by atoms with Crippen molar-refractivity contribution >= 4 is 5.97 Å². The zero-order valence-corrected chi connectivity index (χ0v) is 12.6. The monoisotopic (exact) mass is 268 g/mol. The molecule has 2 aliphatic rings. The van der Waals surface area contributed by atoms with Gasteiger partial charge in [0.2, 0.25) is 0 Å². The highest BCUT2D eigenvalue weighted by molar-refractivity contribution is 5.70. The first-order valence-corrected chi connectivity index (χ1v) is 7.60. The Morgan fingerprint density at radius 1 is 1.32 bits per heavy atom. The van der Waals surface area contributed by atoms with E-state index in [-0.39, 0.29) is 17.6 Å². The summed E-state index contributed by atoms with van der Waals surface area (Å²) < 4.78 is 4.86. The Balaban J connectivity index is 2.11. The maximum atomic E-state index is 11.6. The Kier molecular flexibility index (Phi) is 4.85. The van der Waals surface area contributed by atoms with Gasteiger partial charge >= 0.3 is 5.97 Å². The van der Waals surface area contributed by atoms with E-state index >= 15 is 0 Å². The van der Waals surface area contributed by atoms with Crippen molar-refractivity contribution in [2.75, 3.05) is 20.2 Å². The number of hydrogen-bond acceptors (Lipinski definition) is 4. The lowest BCUT2D eigenvalue weighted by Gasteiger charge is -2.52. The standard InChI is InChI=1S/C15H28N2O2/c1-15(2)11-16-10-13(9-14(18)19-3)17(15)12-7-5-4-6-8-12/h12-13,16H,4-11H2,1-3H3. The molecule has 0 aromatic carbocycles. The number of hydrogen-bond donors (Lipinski definition) is 1. The van der Waals surface area contributed by atoms with Crippen LogP contribution in [-0.4, -0.2) is 48.7 Å². The van der Waals surface area contributed by atoms with Crippen molar-refractivity contribution in [1.29, 1.82) is 0 Å². The molecule has 2 rings (SSSR count). The van der Waals surface area contributed by atoms with Gasteiger partial charge < -0.3 is 10.1 Å². The predicted octanol–water partition coefficient (Wildman–Crippen LogP) is 1.93. The molecular formula is C15H28N2O2. The maximum Gasteiger partial charge on any atom is 0.307 e. The number of nitrogens with one attached hydrogen (secondary N) is 1. The molecule has 110 valence electrons. The molecule has 0 aromatic rings. The summed E-state index contributed by atoms with van der Waals surface area (Å²) in [7, 11) is 1.48. The van der Waals surface area contributed by atoms with Crippen molar-refractivity contribution in [2.45, 2.75) is 70.0 Å².